The molecule has 0 aliphatic heterocycles. The fourth-order valence-corrected chi connectivity index (χ4v) is 4.11. The number of hydrogen-bond donors (Lipinski definition) is 1. The van der Waals surface area contributed by atoms with Crippen molar-refractivity contribution in [3.05, 3.63) is 53.0 Å². The van der Waals surface area contributed by atoms with Crippen molar-refractivity contribution in [2.24, 2.45) is 4.99 Å². The summed E-state index contributed by atoms with van der Waals surface area (Å²) in [5, 5.41) is 17.4. The molecule has 7 nitrogen and oxygen atoms in total. The molecule has 0 amide bonds. The second-order valence-electron chi connectivity index (χ2n) is 6.89. The summed E-state index contributed by atoms with van der Waals surface area (Å²) in [6.07, 6.45) is 3.79. The van der Waals surface area contributed by atoms with E-state index in [1.165, 1.54) is 11.3 Å². The van der Waals surface area contributed by atoms with Gasteiger partial charge in [-0.05, 0) is 23.2 Å². The fourth-order valence-electron chi connectivity index (χ4n) is 3.15. The first-order chi connectivity index (χ1) is 13.6. The van der Waals surface area contributed by atoms with Crippen molar-refractivity contribution in [1.82, 2.24) is 10.3 Å². The number of pyridine rings is 1. The first kappa shape index (κ1) is 16.9. The maximum atomic E-state index is 12.7. The molecule has 140 valence electrons. The molecular weight excluding hydrogens is 374 g/mol. The summed E-state index contributed by atoms with van der Waals surface area (Å²) < 4.78 is 6.85. The first-order valence-electron chi connectivity index (χ1n) is 8.99. The average molecular weight is 391 g/mol. The molecule has 2 N–H and O–H groups in total. The third kappa shape index (κ3) is 2.91. The predicted molar refractivity (Wildman–Crippen MR) is 105 cm³/mol. The Morgan fingerprint density at radius 1 is 1.32 bits per heavy atom. The highest BCUT2D eigenvalue weighted by Gasteiger charge is 2.35. The van der Waals surface area contributed by atoms with Crippen LogP contribution < -0.4 is 15.5 Å². The normalized spacial score (nSPS) is 14.7. The molecule has 1 saturated carbocycles. The van der Waals surface area contributed by atoms with Crippen molar-refractivity contribution in [3.63, 3.8) is 0 Å². The van der Waals surface area contributed by atoms with Crippen LogP contribution in [-0.2, 0) is 0 Å². The fraction of sp³-hybridized carbons (Fsp3) is 0.200. The highest BCUT2D eigenvalue weighted by Crippen LogP contribution is 2.36. The zero-order valence-corrected chi connectivity index (χ0v) is 15.9. The average Bonchev–Trinajstić information content (AvgIpc) is 3.37. The lowest BCUT2D eigenvalue weighted by Gasteiger charge is -2.07. The summed E-state index contributed by atoms with van der Waals surface area (Å²) in [4.78, 5) is 9.87. The van der Waals surface area contributed by atoms with Crippen molar-refractivity contribution in [3.8, 4) is 11.3 Å². The Kier molecular flexibility index (Phi) is 3.87. The Morgan fingerprint density at radius 2 is 2.11 bits per heavy atom. The molecule has 0 spiro atoms. The van der Waals surface area contributed by atoms with Crippen LogP contribution in [0.4, 0.5) is 11.6 Å². The molecule has 1 aliphatic rings. The molecule has 1 aromatic carbocycles. The molecule has 4 aromatic rings. The third-order valence-electron chi connectivity index (χ3n) is 4.76. The Labute approximate surface area is 164 Å². The van der Waals surface area contributed by atoms with Crippen LogP contribution in [0.3, 0.4) is 0 Å². The molecule has 0 atom stereocenters. The number of rotatable bonds is 4. The smallest absolute Gasteiger partial charge is 0.320 e. The number of nitrogen functional groups attached to an aromatic ring is 1. The maximum absolute atomic E-state index is 12.7. The Bertz CT molecular complexity index is 1210. The molecular formula is C20H17N5O2S. The first-order valence-corrected chi connectivity index (χ1v) is 9.81. The highest BCUT2D eigenvalue weighted by atomic mass is 32.1. The summed E-state index contributed by atoms with van der Waals surface area (Å²) in [7, 11) is 0. The molecule has 3 aromatic heterocycles. The lowest BCUT2D eigenvalue weighted by atomic mass is 10.1. The second kappa shape index (κ2) is 6.42. The van der Waals surface area contributed by atoms with Crippen molar-refractivity contribution in [2.75, 3.05) is 5.73 Å². The van der Waals surface area contributed by atoms with Crippen molar-refractivity contribution < 1.29 is 14.3 Å². The highest BCUT2D eigenvalue weighted by molar-refractivity contribution is 7.21. The zero-order chi connectivity index (χ0) is 19.3. The van der Waals surface area contributed by atoms with E-state index in [1.54, 1.807) is 10.9 Å². The Hall–Kier alpha value is -3.26. The van der Waals surface area contributed by atoms with Gasteiger partial charge >= 0.3 is 5.88 Å². The second-order valence-corrected chi connectivity index (χ2v) is 7.88. The number of benzene rings is 1. The lowest BCUT2D eigenvalue weighted by molar-refractivity contribution is -0.765. The van der Waals surface area contributed by atoms with Crippen LogP contribution >= 0.6 is 11.3 Å². The van der Waals surface area contributed by atoms with Crippen LogP contribution in [0.2, 0.25) is 0 Å². The SMILES string of the molecule is Cc1cc2c(N)c(/C([O-])=N/c3c[n+](C4CC4)no3)sc2nc1-c1ccccc1. The topological polar surface area (TPSA) is 104 Å². The molecule has 3 heterocycles. The van der Waals surface area contributed by atoms with Gasteiger partial charge in [-0.2, -0.15) is 0 Å². The molecule has 8 heteroatoms. The van der Waals surface area contributed by atoms with Crippen molar-refractivity contribution in [2.45, 2.75) is 25.8 Å². The third-order valence-corrected chi connectivity index (χ3v) is 5.86. The molecule has 28 heavy (non-hydrogen) atoms. The minimum atomic E-state index is -0.446. The minimum Gasteiger partial charge on any atom is -0.857 e. The Morgan fingerprint density at radius 3 is 2.86 bits per heavy atom. The van der Waals surface area contributed by atoms with Crippen LogP contribution in [0.15, 0.2) is 52.1 Å². The summed E-state index contributed by atoms with van der Waals surface area (Å²) in [5.74, 6) is -0.263. The largest absolute Gasteiger partial charge is 0.857 e. The Balaban J connectivity index is 1.55. The number of nitrogens with two attached hydrogens (primary N) is 1. The standard InChI is InChI=1S/C20H17N5O2S/c1-11-9-14-16(21)18(19(26)22-15-10-25(24-27-15)13-7-8-13)28-20(14)23-17(11)12-5-3-2-4-6-12/h2-6,9-10,13H,7-8H2,1H3,(H2-,21,22,24,26). The molecule has 1 fully saturated rings. The van der Waals surface area contributed by atoms with Gasteiger partial charge in [0.1, 0.15) is 4.83 Å². The van der Waals surface area contributed by atoms with Gasteiger partial charge in [0.25, 0.3) is 6.20 Å². The van der Waals surface area contributed by atoms with E-state index in [9.17, 15) is 5.11 Å². The van der Waals surface area contributed by atoms with Crippen LogP contribution in [0.25, 0.3) is 21.5 Å². The van der Waals surface area contributed by atoms with Crippen molar-refractivity contribution in [1.29, 1.82) is 0 Å². The molecule has 0 radical (unpaired) electrons. The van der Waals surface area contributed by atoms with E-state index in [-0.39, 0.29) is 5.88 Å². The van der Waals surface area contributed by atoms with E-state index in [0.29, 0.717) is 21.4 Å². The van der Waals surface area contributed by atoms with E-state index in [1.807, 2.05) is 43.3 Å². The van der Waals surface area contributed by atoms with Crippen molar-refractivity contribution >= 4 is 39.0 Å². The van der Waals surface area contributed by atoms with Gasteiger partial charge in [-0.15, -0.1) is 11.3 Å². The molecule has 5 rings (SSSR count). The number of anilines is 1. The van der Waals surface area contributed by atoms with Crippen LogP contribution in [0.5, 0.6) is 0 Å². The predicted octanol–water partition coefficient (Wildman–Crippen LogP) is 2.90. The van der Waals surface area contributed by atoms with E-state index in [0.717, 1.165) is 35.0 Å². The van der Waals surface area contributed by atoms with Gasteiger partial charge in [0, 0.05) is 29.7 Å². The van der Waals surface area contributed by atoms with Gasteiger partial charge in [-0.3, -0.25) is 4.52 Å². The molecule has 1 aliphatic carbocycles. The molecule has 0 saturated heterocycles. The zero-order valence-electron chi connectivity index (χ0n) is 15.1. The number of fused-ring (bicyclic) bond motifs is 1. The molecule has 0 unspecified atom stereocenters. The number of thiophene rings is 1. The summed E-state index contributed by atoms with van der Waals surface area (Å²) in [6.45, 7) is 1.99. The van der Waals surface area contributed by atoms with E-state index in [4.69, 9.17) is 15.2 Å². The van der Waals surface area contributed by atoms with Crippen LogP contribution in [0.1, 0.15) is 29.3 Å². The van der Waals surface area contributed by atoms with Crippen LogP contribution in [0, 0.1) is 6.92 Å². The van der Waals surface area contributed by atoms with Gasteiger partial charge in [0.15, 0.2) is 6.04 Å². The summed E-state index contributed by atoms with van der Waals surface area (Å²) in [6, 6.07) is 12.3. The van der Waals surface area contributed by atoms with E-state index < -0.39 is 5.90 Å². The maximum Gasteiger partial charge on any atom is 0.320 e. The van der Waals surface area contributed by atoms with Gasteiger partial charge in [-0.25, -0.2) is 9.98 Å². The van der Waals surface area contributed by atoms with Gasteiger partial charge in [-0.1, -0.05) is 30.3 Å². The molecule has 0 bridgehead atoms. The minimum absolute atomic E-state index is 0.183. The summed E-state index contributed by atoms with van der Waals surface area (Å²) >= 11 is 1.25. The van der Waals surface area contributed by atoms with Gasteiger partial charge < -0.3 is 10.8 Å². The van der Waals surface area contributed by atoms with Crippen LogP contribution in [-0.4, -0.2) is 16.2 Å². The quantitative estimate of drug-likeness (QED) is 0.327. The number of nitrogens with zero attached hydrogens (tertiary/aromatic N) is 4. The van der Waals surface area contributed by atoms with E-state index >= 15 is 0 Å². The summed E-state index contributed by atoms with van der Waals surface area (Å²) in [5.41, 5.74) is 9.56. The number of aromatic nitrogens is 3. The van der Waals surface area contributed by atoms with Gasteiger partial charge in [0.2, 0.25) is 5.27 Å². The lowest BCUT2D eigenvalue weighted by Crippen LogP contribution is -2.32. The number of hydrogen-bond acceptors (Lipinski definition) is 7. The number of aliphatic imine (C=N–C) groups is 1. The van der Waals surface area contributed by atoms with E-state index in [2.05, 4.69) is 10.3 Å². The van der Waals surface area contributed by atoms with Gasteiger partial charge in [0.05, 0.1) is 16.3 Å². The number of aryl methyl sites for hydroxylation is 1. The monoisotopic (exact) mass is 391 g/mol.